The Morgan fingerprint density at radius 3 is 2.69 bits per heavy atom. The number of hydrogen-bond donors (Lipinski definition) is 2. The molecule has 1 aliphatic rings. The van der Waals surface area contributed by atoms with Crippen LogP contribution in [0.4, 0.5) is 5.82 Å². The van der Waals surface area contributed by atoms with E-state index in [4.69, 9.17) is 0 Å². The van der Waals surface area contributed by atoms with E-state index in [9.17, 15) is 4.79 Å². The lowest BCUT2D eigenvalue weighted by molar-refractivity contribution is 0.360. The molecule has 88 valence electrons. The summed E-state index contributed by atoms with van der Waals surface area (Å²) in [7, 11) is 0. The van der Waals surface area contributed by atoms with Gasteiger partial charge in [-0.25, -0.2) is 4.98 Å². The summed E-state index contributed by atoms with van der Waals surface area (Å²) < 4.78 is 0. The van der Waals surface area contributed by atoms with Crippen molar-refractivity contribution in [3.8, 4) is 0 Å². The first-order chi connectivity index (χ1) is 7.63. The molecule has 0 atom stereocenters. The second-order valence-corrected chi connectivity index (χ2v) is 4.82. The standard InChI is InChI=1S/C12H19N3O/c1-8-3-5-10(6-4-8)15-11-7-12(16)14-9(2)13-11/h7-8,10H,3-6H2,1-2H3,(H2,13,14,15,16). The molecule has 4 nitrogen and oxygen atoms in total. The molecular weight excluding hydrogens is 202 g/mol. The molecule has 0 aliphatic heterocycles. The Morgan fingerprint density at radius 2 is 2.06 bits per heavy atom. The van der Waals surface area contributed by atoms with Crippen LogP contribution in [0, 0.1) is 12.8 Å². The number of aryl methyl sites for hydroxylation is 1. The monoisotopic (exact) mass is 221 g/mol. The van der Waals surface area contributed by atoms with Crippen molar-refractivity contribution in [2.45, 2.75) is 45.6 Å². The molecule has 1 fully saturated rings. The van der Waals surface area contributed by atoms with Crippen molar-refractivity contribution in [3.63, 3.8) is 0 Å². The van der Waals surface area contributed by atoms with E-state index in [1.54, 1.807) is 6.92 Å². The third-order valence-corrected chi connectivity index (χ3v) is 3.23. The zero-order valence-electron chi connectivity index (χ0n) is 9.92. The van der Waals surface area contributed by atoms with Gasteiger partial charge in [0.15, 0.2) is 0 Å². The smallest absolute Gasteiger partial charge is 0.252 e. The maximum Gasteiger partial charge on any atom is 0.252 e. The number of rotatable bonds is 2. The molecule has 0 spiro atoms. The van der Waals surface area contributed by atoms with Crippen LogP contribution in [0.15, 0.2) is 10.9 Å². The number of aromatic nitrogens is 2. The molecule has 1 saturated carbocycles. The minimum absolute atomic E-state index is 0.0841. The summed E-state index contributed by atoms with van der Waals surface area (Å²) in [5, 5.41) is 3.35. The first kappa shape index (κ1) is 11.2. The summed E-state index contributed by atoms with van der Waals surface area (Å²) in [6, 6.07) is 2.01. The molecule has 0 saturated heterocycles. The number of aromatic amines is 1. The lowest BCUT2D eigenvalue weighted by atomic mass is 9.87. The molecule has 0 radical (unpaired) electrons. The normalized spacial score (nSPS) is 25.4. The molecule has 0 unspecified atom stereocenters. The van der Waals surface area contributed by atoms with Gasteiger partial charge < -0.3 is 10.3 Å². The van der Waals surface area contributed by atoms with E-state index in [0.29, 0.717) is 17.7 Å². The van der Waals surface area contributed by atoms with E-state index in [2.05, 4.69) is 22.2 Å². The average molecular weight is 221 g/mol. The van der Waals surface area contributed by atoms with E-state index < -0.39 is 0 Å². The molecule has 1 aromatic rings. The molecule has 2 N–H and O–H groups in total. The molecule has 1 aromatic heterocycles. The van der Waals surface area contributed by atoms with Crippen molar-refractivity contribution in [1.82, 2.24) is 9.97 Å². The van der Waals surface area contributed by atoms with Crippen LogP contribution in [-0.2, 0) is 0 Å². The van der Waals surface area contributed by atoms with Gasteiger partial charge >= 0.3 is 0 Å². The highest BCUT2D eigenvalue weighted by Gasteiger charge is 2.18. The maximum atomic E-state index is 11.3. The summed E-state index contributed by atoms with van der Waals surface area (Å²) in [4.78, 5) is 18.2. The number of nitrogens with one attached hydrogen (secondary N) is 2. The number of nitrogens with zero attached hydrogens (tertiary/aromatic N) is 1. The van der Waals surface area contributed by atoms with Crippen LogP contribution in [0.5, 0.6) is 0 Å². The van der Waals surface area contributed by atoms with Gasteiger partial charge in [0.25, 0.3) is 5.56 Å². The predicted molar refractivity (Wildman–Crippen MR) is 64.6 cm³/mol. The maximum absolute atomic E-state index is 11.3. The highest BCUT2D eigenvalue weighted by Crippen LogP contribution is 2.25. The molecule has 2 rings (SSSR count). The lowest BCUT2D eigenvalue weighted by Gasteiger charge is -2.27. The van der Waals surface area contributed by atoms with Crippen molar-refractivity contribution < 1.29 is 0 Å². The summed E-state index contributed by atoms with van der Waals surface area (Å²) >= 11 is 0. The fraction of sp³-hybridized carbons (Fsp3) is 0.667. The van der Waals surface area contributed by atoms with Crippen molar-refractivity contribution >= 4 is 5.82 Å². The molecular formula is C12H19N3O. The number of H-pyrrole nitrogens is 1. The second kappa shape index (κ2) is 4.68. The molecule has 0 aromatic carbocycles. The van der Waals surface area contributed by atoms with Crippen molar-refractivity contribution in [3.05, 3.63) is 22.2 Å². The van der Waals surface area contributed by atoms with Gasteiger partial charge in [-0.15, -0.1) is 0 Å². The van der Waals surface area contributed by atoms with E-state index in [1.807, 2.05) is 0 Å². The van der Waals surface area contributed by atoms with Crippen LogP contribution in [0.1, 0.15) is 38.4 Å². The number of hydrogen-bond acceptors (Lipinski definition) is 3. The van der Waals surface area contributed by atoms with E-state index >= 15 is 0 Å². The van der Waals surface area contributed by atoms with Crippen LogP contribution in [-0.4, -0.2) is 16.0 Å². The highest BCUT2D eigenvalue weighted by atomic mass is 16.1. The Labute approximate surface area is 95.5 Å². The van der Waals surface area contributed by atoms with Gasteiger partial charge in [-0.3, -0.25) is 4.79 Å². The van der Waals surface area contributed by atoms with Gasteiger partial charge in [0.1, 0.15) is 11.6 Å². The zero-order chi connectivity index (χ0) is 11.5. The summed E-state index contributed by atoms with van der Waals surface area (Å²) in [5.41, 5.74) is -0.0841. The number of anilines is 1. The van der Waals surface area contributed by atoms with E-state index in [1.165, 1.54) is 31.7 Å². The molecule has 4 heteroatoms. The van der Waals surface area contributed by atoms with Crippen molar-refractivity contribution in [1.29, 1.82) is 0 Å². The first-order valence-electron chi connectivity index (χ1n) is 5.98. The van der Waals surface area contributed by atoms with Crippen LogP contribution < -0.4 is 10.9 Å². The van der Waals surface area contributed by atoms with Crippen molar-refractivity contribution in [2.75, 3.05) is 5.32 Å². The minimum Gasteiger partial charge on any atom is -0.367 e. The quantitative estimate of drug-likeness (QED) is 0.803. The van der Waals surface area contributed by atoms with Gasteiger partial charge in [-0.1, -0.05) is 6.92 Å². The topological polar surface area (TPSA) is 57.8 Å². The van der Waals surface area contributed by atoms with Gasteiger partial charge in [-0.05, 0) is 38.5 Å². The summed E-state index contributed by atoms with van der Waals surface area (Å²) in [5.74, 6) is 2.21. The van der Waals surface area contributed by atoms with Gasteiger partial charge in [0.05, 0.1) is 0 Å². The van der Waals surface area contributed by atoms with Crippen LogP contribution in [0.3, 0.4) is 0 Å². The fourth-order valence-electron chi connectivity index (χ4n) is 2.27. The Balaban J connectivity index is 2.01. The van der Waals surface area contributed by atoms with Gasteiger partial charge in [0.2, 0.25) is 0 Å². The molecule has 1 heterocycles. The molecule has 0 bridgehead atoms. The third kappa shape index (κ3) is 2.84. The molecule has 16 heavy (non-hydrogen) atoms. The summed E-state index contributed by atoms with van der Waals surface area (Å²) in [6.45, 7) is 4.10. The Hall–Kier alpha value is -1.32. The largest absolute Gasteiger partial charge is 0.367 e. The van der Waals surface area contributed by atoms with E-state index in [0.717, 1.165) is 5.92 Å². The van der Waals surface area contributed by atoms with Crippen LogP contribution in [0.2, 0.25) is 0 Å². The lowest BCUT2D eigenvalue weighted by Crippen LogP contribution is -2.26. The van der Waals surface area contributed by atoms with Gasteiger partial charge in [-0.2, -0.15) is 0 Å². The van der Waals surface area contributed by atoms with Crippen molar-refractivity contribution in [2.24, 2.45) is 5.92 Å². The second-order valence-electron chi connectivity index (χ2n) is 4.82. The van der Waals surface area contributed by atoms with Crippen LogP contribution in [0.25, 0.3) is 0 Å². The summed E-state index contributed by atoms with van der Waals surface area (Å²) in [6.07, 6.45) is 4.88. The Morgan fingerprint density at radius 1 is 1.38 bits per heavy atom. The van der Waals surface area contributed by atoms with E-state index in [-0.39, 0.29) is 5.56 Å². The highest BCUT2D eigenvalue weighted by molar-refractivity contribution is 5.34. The van der Waals surface area contributed by atoms with Gasteiger partial charge in [0, 0.05) is 12.1 Å². The Kier molecular flexibility index (Phi) is 3.27. The zero-order valence-corrected chi connectivity index (χ0v) is 9.92. The van der Waals surface area contributed by atoms with Crippen LogP contribution >= 0.6 is 0 Å². The SMILES string of the molecule is Cc1nc(NC2CCC(C)CC2)cc(=O)[nH]1. The predicted octanol–water partition coefficient (Wildman–Crippen LogP) is 2.07. The molecule has 1 aliphatic carbocycles. The minimum atomic E-state index is -0.0841. The first-order valence-corrected chi connectivity index (χ1v) is 5.98. The third-order valence-electron chi connectivity index (χ3n) is 3.23. The molecule has 0 amide bonds. The fourth-order valence-corrected chi connectivity index (χ4v) is 2.27. The Bertz CT molecular complexity index is 405. The average Bonchev–Trinajstić information content (AvgIpc) is 2.20.